The molecule has 3 N–H and O–H groups in total. The maximum atomic E-state index is 12.6. The molecule has 2 aromatic rings. The van der Waals surface area contributed by atoms with Crippen LogP contribution >= 0.6 is 19.4 Å². The Morgan fingerprint density at radius 3 is 2.59 bits per heavy atom. The monoisotopic (exact) mass is 448 g/mol. The van der Waals surface area contributed by atoms with E-state index in [1.165, 1.54) is 29.0 Å². The molecule has 1 aliphatic heterocycles. The molecular weight excluding hydrogens is 423 g/mol. The summed E-state index contributed by atoms with van der Waals surface area (Å²) in [5.41, 5.74) is 0.412. The van der Waals surface area contributed by atoms with E-state index in [2.05, 4.69) is 15.1 Å². The second-order valence-electron chi connectivity index (χ2n) is 6.25. The molecule has 0 amide bonds. The van der Waals surface area contributed by atoms with Crippen LogP contribution in [0.5, 0.6) is 0 Å². The van der Waals surface area contributed by atoms with Crippen LogP contribution < -0.4 is 0 Å². The molecule has 13 heteroatoms. The molecule has 4 atom stereocenters. The second kappa shape index (κ2) is 9.80. The van der Waals surface area contributed by atoms with Gasteiger partial charge in [0.2, 0.25) is 0 Å². The van der Waals surface area contributed by atoms with E-state index in [-0.39, 0.29) is 6.16 Å². The number of aromatic nitrogens is 4. The predicted molar refractivity (Wildman–Crippen MR) is 105 cm³/mol. The van der Waals surface area contributed by atoms with Crippen LogP contribution in [-0.2, 0) is 18.3 Å². The van der Waals surface area contributed by atoms with Gasteiger partial charge in [0, 0.05) is 5.75 Å². The van der Waals surface area contributed by atoms with E-state index >= 15 is 0 Å². The lowest BCUT2D eigenvalue weighted by Crippen LogP contribution is -2.33. The van der Waals surface area contributed by atoms with Crippen molar-refractivity contribution in [2.75, 3.05) is 31.7 Å². The molecule has 0 spiro atoms. The van der Waals surface area contributed by atoms with Gasteiger partial charge in [-0.15, -0.1) is 11.8 Å². The first-order valence-electron chi connectivity index (χ1n) is 9.25. The Bertz CT molecular complexity index is 859. The summed E-state index contributed by atoms with van der Waals surface area (Å²) in [6.45, 7) is 3.70. The number of rotatable bonds is 10. The zero-order valence-electron chi connectivity index (χ0n) is 16.1. The van der Waals surface area contributed by atoms with Crippen LogP contribution in [0, 0.1) is 0 Å². The van der Waals surface area contributed by atoms with Crippen molar-refractivity contribution in [2.45, 2.75) is 43.4 Å². The lowest BCUT2D eigenvalue weighted by atomic mass is 10.1. The van der Waals surface area contributed by atoms with Crippen LogP contribution in [-0.4, -0.2) is 85.1 Å². The Morgan fingerprint density at radius 2 is 1.97 bits per heavy atom. The molecular formula is C16H25N4O7PS. The lowest BCUT2D eigenvalue weighted by Gasteiger charge is -2.16. The van der Waals surface area contributed by atoms with Gasteiger partial charge in [-0.3, -0.25) is 4.57 Å². The number of aliphatic hydroxyl groups is 3. The van der Waals surface area contributed by atoms with Crippen LogP contribution in [0.25, 0.3) is 11.0 Å². The molecule has 3 rings (SSSR count). The molecule has 1 unspecified atom stereocenters. The molecule has 0 saturated carbocycles. The molecule has 0 aromatic carbocycles. The summed E-state index contributed by atoms with van der Waals surface area (Å²) in [5, 5.41) is 34.9. The minimum absolute atomic E-state index is 0.230. The van der Waals surface area contributed by atoms with E-state index in [4.69, 9.17) is 13.8 Å². The number of fused-ring (bicyclic) bond motifs is 1. The van der Waals surface area contributed by atoms with E-state index < -0.39 is 38.7 Å². The normalized spacial score (nSPS) is 25.1. The summed E-state index contributed by atoms with van der Waals surface area (Å²) < 4.78 is 30.0. The summed E-state index contributed by atoms with van der Waals surface area (Å²) in [6.07, 6.45) is -1.25. The highest BCUT2D eigenvalue weighted by Gasteiger charge is 2.44. The second-order valence-corrected chi connectivity index (χ2v) is 9.52. The van der Waals surface area contributed by atoms with Crippen LogP contribution in [0.2, 0.25) is 0 Å². The molecule has 2 aromatic heterocycles. The number of hydrogen-bond donors (Lipinski definition) is 3. The molecule has 0 radical (unpaired) electrons. The molecule has 29 heavy (non-hydrogen) atoms. The Hall–Kier alpha value is -1.11. The molecule has 1 aliphatic rings. The molecule has 3 heterocycles. The highest BCUT2D eigenvalue weighted by molar-refractivity contribution is 7.99. The van der Waals surface area contributed by atoms with Gasteiger partial charge in [0.05, 0.1) is 37.6 Å². The third kappa shape index (κ3) is 4.80. The fourth-order valence-corrected chi connectivity index (χ4v) is 6.03. The molecule has 1 fully saturated rings. The van der Waals surface area contributed by atoms with Gasteiger partial charge in [0.25, 0.3) is 0 Å². The highest BCUT2D eigenvalue weighted by atomic mass is 32.2. The van der Waals surface area contributed by atoms with Crippen LogP contribution in [0.15, 0.2) is 17.6 Å². The number of nitrogens with zero attached hydrogens (tertiary/aromatic N) is 4. The number of hydrogen-bond acceptors (Lipinski definition) is 11. The van der Waals surface area contributed by atoms with Gasteiger partial charge in [-0.05, 0) is 13.8 Å². The summed E-state index contributed by atoms with van der Waals surface area (Å²) in [4.78, 5) is 8.47. The van der Waals surface area contributed by atoms with Gasteiger partial charge < -0.3 is 29.1 Å². The standard InChI is InChI=1S/C16H25N4O7PS/c1-3-25-28(24,26-4-2)5-6-29-15-10-7-19-20(14(10)17-9-18-15)16-13(23)12(22)11(8-21)27-16/h7,9,11-13,16,21-23H,3-6,8H2,1-2H3/t11-,12-,13-,16?/m1/s1. The quantitative estimate of drug-likeness (QED) is 0.269. The SMILES string of the molecule is CCOP(=O)(CCSc1ncnc2c1cnn2C1O[C@H](CO)[C@@H](O)[C@H]1O)OCC. The van der Waals surface area contributed by atoms with Gasteiger partial charge in [-0.25, -0.2) is 14.6 Å². The zero-order chi connectivity index (χ0) is 21.0. The molecule has 162 valence electrons. The van der Waals surface area contributed by atoms with Crippen molar-refractivity contribution in [1.29, 1.82) is 0 Å². The third-order valence-electron chi connectivity index (χ3n) is 4.37. The minimum atomic E-state index is -3.14. The van der Waals surface area contributed by atoms with Crippen LogP contribution in [0.1, 0.15) is 20.1 Å². The van der Waals surface area contributed by atoms with Crippen molar-refractivity contribution in [1.82, 2.24) is 19.7 Å². The van der Waals surface area contributed by atoms with Gasteiger partial charge in [-0.1, -0.05) is 0 Å². The van der Waals surface area contributed by atoms with E-state index in [9.17, 15) is 19.9 Å². The van der Waals surface area contributed by atoms with Gasteiger partial charge >= 0.3 is 7.60 Å². The zero-order valence-corrected chi connectivity index (χ0v) is 17.8. The van der Waals surface area contributed by atoms with Crippen molar-refractivity contribution < 1.29 is 33.7 Å². The average molecular weight is 448 g/mol. The smallest absolute Gasteiger partial charge is 0.331 e. The molecule has 11 nitrogen and oxygen atoms in total. The fourth-order valence-electron chi connectivity index (χ4n) is 3.04. The lowest BCUT2D eigenvalue weighted by molar-refractivity contribution is -0.0566. The first kappa shape index (κ1) is 22.6. The van der Waals surface area contributed by atoms with Crippen molar-refractivity contribution in [3.05, 3.63) is 12.5 Å². The first-order valence-corrected chi connectivity index (χ1v) is 12.0. The predicted octanol–water partition coefficient (Wildman–Crippen LogP) is 0.796. The van der Waals surface area contributed by atoms with Crippen molar-refractivity contribution >= 4 is 30.4 Å². The Morgan fingerprint density at radius 1 is 1.24 bits per heavy atom. The Balaban J connectivity index is 1.76. The Kier molecular flexibility index (Phi) is 7.63. The van der Waals surface area contributed by atoms with E-state index in [0.29, 0.717) is 35.0 Å². The maximum absolute atomic E-state index is 12.6. The molecule has 0 aliphatic carbocycles. The van der Waals surface area contributed by atoms with Crippen LogP contribution in [0.4, 0.5) is 0 Å². The third-order valence-corrected chi connectivity index (χ3v) is 7.75. The molecule has 1 saturated heterocycles. The number of ether oxygens (including phenoxy) is 1. The summed E-state index contributed by atoms with van der Waals surface area (Å²) in [6, 6.07) is 0. The topological polar surface area (TPSA) is 149 Å². The largest absolute Gasteiger partial charge is 0.394 e. The molecule has 0 bridgehead atoms. The highest BCUT2D eigenvalue weighted by Crippen LogP contribution is 2.48. The van der Waals surface area contributed by atoms with E-state index in [1.54, 1.807) is 13.8 Å². The van der Waals surface area contributed by atoms with Gasteiger partial charge in [-0.2, -0.15) is 5.10 Å². The summed E-state index contributed by atoms with van der Waals surface area (Å²) in [7, 11) is -3.14. The fraction of sp³-hybridized carbons (Fsp3) is 0.688. The maximum Gasteiger partial charge on any atom is 0.331 e. The Labute approximate surface area is 171 Å². The van der Waals surface area contributed by atoms with Gasteiger partial charge in [0.1, 0.15) is 29.7 Å². The number of aliphatic hydroxyl groups excluding tert-OH is 3. The van der Waals surface area contributed by atoms with Crippen molar-refractivity contribution in [2.24, 2.45) is 0 Å². The van der Waals surface area contributed by atoms with E-state index in [1.807, 2.05) is 0 Å². The minimum Gasteiger partial charge on any atom is -0.394 e. The first-order chi connectivity index (χ1) is 13.9. The average Bonchev–Trinajstić information content (AvgIpc) is 3.24. The van der Waals surface area contributed by atoms with Crippen molar-refractivity contribution in [3.8, 4) is 0 Å². The van der Waals surface area contributed by atoms with Crippen LogP contribution in [0.3, 0.4) is 0 Å². The summed E-state index contributed by atoms with van der Waals surface area (Å²) >= 11 is 1.36. The van der Waals surface area contributed by atoms with E-state index in [0.717, 1.165) is 0 Å². The van der Waals surface area contributed by atoms with Gasteiger partial charge in [0.15, 0.2) is 11.9 Å². The number of thioether (sulfide) groups is 1. The summed E-state index contributed by atoms with van der Waals surface area (Å²) in [5.74, 6) is 0.447. The van der Waals surface area contributed by atoms with Crippen molar-refractivity contribution in [3.63, 3.8) is 0 Å².